The Hall–Kier alpha value is -2.64. The van der Waals surface area contributed by atoms with E-state index in [2.05, 4.69) is 10.3 Å². The van der Waals surface area contributed by atoms with E-state index in [0.29, 0.717) is 23.7 Å². The van der Waals surface area contributed by atoms with Crippen molar-refractivity contribution in [3.05, 3.63) is 53.5 Å². The number of anilines is 2. The van der Waals surface area contributed by atoms with E-state index in [-0.39, 0.29) is 17.8 Å². The zero-order valence-electron chi connectivity index (χ0n) is 14.1. The Bertz CT molecular complexity index is 825. The number of ether oxygens (including phenoxy) is 1. The Morgan fingerprint density at radius 2 is 2.19 bits per heavy atom. The molecule has 0 spiro atoms. The van der Waals surface area contributed by atoms with Crippen molar-refractivity contribution in [2.75, 3.05) is 18.1 Å². The monoisotopic (exact) mass is 357 g/mol. The van der Waals surface area contributed by atoms with Crippen LogP contribution < -0.4 is 10.2 Å². The summed E-state index contributed by atoms with van der Waals surface area (Å²) >= 11 is 0. The number of H-pyrrole nitrogens is 1. The Balaban J connectivity index is 1.55. The van der Waals surface area contributed by atoms with E-state index in [4.69, 9.17) is 4.74 Å². The standard InChI is InChI=1S/C19H20FN3O3/c20-13-4-6-14(7-5-13)23-17(24)8-3-12-10-16(22-18(12)23)19(25)21-11-15-2-1-9-26-15/h3-8,10,15,17,22,24H,1-2,9,11H2,(H,21,25). The van der Waals surface area contributed by atoms with Crippen molar-refractivity contribution in [1.29, 1.82) is 0 Å². The maximum absolute atomic E-state index is 13.2. The Morgan fingerprint density at radius 1 is 1.38 bits per heavy atom. The van der Waals surface area contributed by atoms with Gasteiger partial charge in [-0.3, -0.25) is 9.69 Å². The van der Waals surface area contributed by atoms with Crippen LogP contribution in [0.15, 0.2) is 36.4 Å². The summed E-state index contributed by atoms with van der Waals surface area (Å²) in [6, 6.07) is 7.56. The molecule has 2 aromatic rings. The highest BCUT2D eigenvalue weighted by Crippen LogP contribution is 2.34. The van der Waals surface area contributed by atoms with E-state index >= 15 is 0 Å². The molecule has 1 aromatic heterocycles. The topological polar surface area (TPSA) is 77.6 Å². The first-order valence-corrected chi connectivity index (χ1v) is 8.66. The van der Waals surface area contributed by atoms with Crippen molar-refractivity contribution < 1.29 is 19.0 Å². The molecule has 0 bridgehead atoms. The summed E-state index contributed by atoms with van der Waals surface area (Å²) in [6.07, 6.45) is 4.51. The normalized spacial score (nSPS) is 21.7. The van der Waals surface area contributed by atoms with Crippen LogP contribution in [0, 0.1) is 5.82 Å². The van der Waals surface area contributed by atoms with Crippen LogP contribution in [0.2, 0.25) is 0 Å². The van der Waals surface area contributed by atoms with Crippen molar-refractivity contribution >= 4 is 23.5 Å². The lowest BCUT2D eigenvalue weighted by molar-refractivity contribution is 0.0854. The van der Waals surface area contributed by atoms with Crippen molar-refractivity contribution in [2.45, 2.75) is 25.2 Å². The predicted molar refractivity (Wildman–Crippen MR) is 95.7 cm³/mol. The number of aromatic amines is 1. The fourth-order valence-corrected chi connectivity index (χ4v) is 3.31. The molecule has 6 nitrogen and oxygen atoms in total. The number of benzene rings is 1. The summed E-state index contributed by atoms with van der Waals surface area (Å²) in [5.41, 5.74) is 1.80. The van der Waals surface area contributed by atoms with Crippen molar-refractivity contribution in [1.82, 2.24) is 10.3 Å². The molecule has 2 unspecified atom stereocenters. The molecule has 2 atom stereocenters. The van der Waals surface area contributed by atoms with Gasteiger partial charge < -0.3 is 20.1 Å². The minimum Gasteiger partial charge on any atom is -0.376 e. The summed E-state index contributed by atoms with van der Waals surface area (Å²) in [6.45, 7) is 1.22. The van der Waals surface area contributed by atoms with Gasteiger partial charge in [-0.05, 0) is 49.2 Å². The highest BCUT2D eigenvalue weighted by molar-refractivity contribution is 5.95. The number of aliphatic hydroxyl groups is 1. The molecule has 1 aromatic carbocycles. The second kappa shape index (κ2) is 6.93. The van der Waals surface area contributed by atoms with Crippen molar-refractivity contribution in [3.8, 4) is 0 Å². The molecule has 1 saturated heterocycles. The molecular formula is C19H20FN3O3. The second-order valence-corrected chi connectivity index (χ2v) is 6.45. The van der Waals surface area contributed by atoms with Gasteiger partial charge in [-0.1, -0.05) is 6.08 Å². The van der Waals surface area contributed by atoms with Gasteiger partial charge >= 0.3 is 0 Å². The van der Waals surface area contributed by atoms with Crippen LogP contribution in [0.5, 0.6) is 0 Å². The number of fused-ring (bicyclic) bond motifs is 1. The van der Waals surface area contributed by atoms with Gasteiger partial charge in [0.2, 0.25) is 0 Å². The van der Waals surface area contributed by atoms with E-state index in [0.717, 1.165) is 25.0 Å². The van der Waals surface area contributed by atoms with Gasteiger partial charge in [-0.25, -0.2) is 4.39 Å². The van der Waals surface area contributed by atoms with Crippen LogP contribution in [0.25, 0.3) is 6.08 Å². The molecule has 0 aliphatic carbocycles. The summed E-state index contributed by atoms with van der Waals surface area (Å²) in [5, 5.41) is 13.2. The van der Waals surface area contributed by atoms with Gasteiger partial charge in [0, 0.05) is 24.4 Å². The van der Waals surface area contributed by atoms with Crippen LogP contribution >= 0.6 is 0 Å². The largest absolute Gasteiger partial charge is 0.376 e. The fourth-order valence-electron chi connectivity index (χ4n) is 3.31. The van der Waals surface area contributed by atoms with Gasteiger partial charge in [0.25, 0.3) is 5.91 Å². The lowest BCUT2D eigenvalue weighted by atomic mass is 10.1. The number of hydrogen-bond acceptors (Lipinski definition) is 4. The zero-order chi connectivity index (χ0) is 18.1. The minimum atomic E-state index is -0.908. The fraction of sp³-hybridized carbons (Fsp3) is 0.316. The number of hydrogen-bond donors (Lipinski definition) is 3. The molecule has 4 rings (SSSR count). The number of rotatable bonds is 4. The van der Waals surface area contributed by atoms with Crippen molar-refractivity contribution in [2.24, 2.45) is 0 Å². The molecule has 1 fully saturated rings. The van der Waals surface area contributed by atoms with E-state index in [9.17, 15) is 14.3 Å². The maximum Gasteiger partial charge on any atom is 0.267 e. The average Bonchev–Trinajstić information content (AvgIpc) is 3.30. The molecule has 1 amide bonds. The number of aromatic nitrogens is 1. The first-order chi connectivity index (χ1) is 12.6. The van der Waals surface area contributed by atoms with Crippen LogP contribution in [-0.2, 0) is 4.74 Å². The number of carbonyl (C=O) groups excluding carboxylic acids is 1. The summed E-state index contributed by atoms with van der Waals surface area (Å²) in [4.78, 5) is 17.1. The van der Waals surface area contributed by atoms with Crippen LogP contribution in [0.3, 0.4) is 0 Å². The number of nitrogens with one attached hydrogen (secondary N) is 2. The molecule has 0 saturated carbocycles. The first kappa shape index (κ1) is 16.8. The third-order valence-electron chi connectivity index (χ3n) is 4.64. The smallest absolute Gasteiger partial charge is 0.267 e. The van der Waals surface area contributed by atoms with Gasteiger partial charge in [-0.15, -0.1) is 0 Å². The number of amides is 1. The minimum absolute atomic E-state index is 0.0703. The zero-order valence-corrected chi connectivity index (χ0v) is 14.1. The first-order valence-electron chi connectivity index (χ1n) is 8.66. The number of aliphatic hydroxyl groups excluding tert-OH is 1. The Kier molecular flexibility index (Phi) is 4.48. The Labute approximate surface area is 150 Å². The quantitative estimate of drug-likeness (QED) is 0.786. The molecule has 2 aliphatic heterocycles. The van der Waals surface area contributed by atoms with Crippen LogP contribution in [0.1, 0.15) is 28.9 Å². The molecule has 2 aliphatic rings. The summed E-state index contributed by atoms with van der Waals surface area (Å²) in [5.74, 6) is 0.0161. The van der Waals surface area contributed by atoms with Gasteiger partial charge in [0.1, 0.15) is 17.3 Å². The SMILES string of the molecule is O=C(NCC1CCCO1)c1cc2c([nH]1)N(c1ccc(F)cc1)C(O)C=C2. The number of carbonyl (C=O) groups is 1. The molecule has 3 N–H and O–H groups in total. The lowest BCUT2D eigenvalue weighted by Crippen LogP contribution is -2.32. The molecule has 0 radical (unpaired) electrons. The molecule has 136 valence electrons. The van der Waals surface area contributed by atoms with Crippen LogP contribution in [-0.4, -0.2) is 41.5 Å². The van der Waals surface area contributed by atoms with Crippen molar-refractivity contribution in [3.63, 3.8) is 0 Å². The summed E-state index contributed by atoms with van der Waals surface area (Å²) in [7, 11) is 0. The van der Waals surface area contributed by atoms with E-state index in [1.807, 2.05) is 0 Å². The third kappa shape index (κ3) is 3.23. The van der Waals surface area contributed by atoms with Gasteiger partial charge in [-0.2, -0.15) is 0 Å². The predicted octanol–water partition coefficient (Wildman–Crippen LogP) is 2.55. The van der Waals surface area contributed by atoms with E-state index < -0.39 is 6.23 Å². The highest BCUT2D eigenvalue weighted by Gasteiger charge is 2.26. The maximum atomic E-state index is 13.2. The van der Waals surface area contributed by atoms with Gasteiger partial charge in [0.05, 0.1) is 6.10 Å². The number of nitrogens with zero attached hydrogens (tertiary/aromatic N) is 1. The molecular weight excluding hydrogens is 337 g/mol. The molecule has 7 heteroatoms. The van der Waals surface area contributed by atoms with E-state index in [1.54, 1.807) is 35.3 Å². The van der Waals surface area contributed by atoms with Gasteiger partial charge in [0.15, 0.2) is 6.23 Å². The highest BCUT2D eigenvalue weighted by atomic mass is 19.1. The second-order valence-electron chi connectivity index (χ2n) is 6.45. The average molecular weight is 357 g/mol. The third-order valence-corrected chi connectivity index (χ3v) is 4.64. The molecule has 26 heavy (non-hydrogen) atoms. The van der Waals surface area contributed by atoms with Crippen LogP contribution in [0.4, 0.5) is 15.9 Å². The number of halogens is 1. The summed E-state index contributed by atoms with van der Waals surface area (Å²) < 4.78 is 18.7. The lowest BCUT2D eigenvalue weighted by Gasteiger charge is -2.30. The van der Waals surface area contributed by atoms with E-state index in [1.165, 1.54) is 12.1 Å². The molecule has 3 heterocycles. The Morgan fingerprint density at radius 3 is 2.92 bits per heavy atom.